The third-order valence-corrected chi connectivity index (χ3v) is 3.54. The maximum atomic E-state index is 9.97. The summed E-state index contributed by atoms with van der Waals surface area (Å²) in [4.78, 5) is 0. The summed E-state index contributed by atoms with van der Waals surface area (Å²) in [6.07, 6.45) is 3.70. The Morgan fingerprint density at radius 2 is 2.12 bits per heavy atom. The van der Waals surface area contributed by atoms with Crippen molar-refractivity contribution in [1.82, 2.24) is 0 Å². The molecule has 1 aliphatic rings. The lowest BCUT2D eigenvalue weighted by atomic mass is 9.71. The monoisotopic (exact) mass is 226 g/mol. The van der Waals surface area contributed by atoms with Crippen molar-refractivity contribution in [1.29, 1.82) is 0 Å². The Morgan fingerprint density at radius 3 is 2.56 bits per heavy atom. The molecule has 0 spiro atoms. The van der Waals surface area contributed by atoms with Crippen molar-refractivity contribution in [3.8, 4) is 0 Å². The molecule has 0 heterocycles. The normalized spacial score (nSPS) is 22.2. The molecular formula is C12H23BO3. The maximum absolute atomic E-state index is 9.97. The second-order valence-electron chi connectivity index (χ2n) is 5.44. The van der Waals surface area contributed by atoms with E-state index in [4.69, 9.17) is 4.65 Å². The second kappa shape index (κ2) is 5.34. The predicted octanol–water partition coefficient (Wildman–Crippen LogP) is 1.93. The molecule has 0 radical (unpaired) electrons. The Kier molecular flexibility index (Phi) is 4.59. The molecule has 92 valence electrons. The Bertz CT molecular complexity index is 261. The largest absolute Gasteiger partial charge is 0.486 e. The second-order valence-corrected chi connectivity index (χ2v) is 5.44. The van der Waals surface area contributed by atoms with Crippen molar-refractivity contribution in [2.24, 2.45) is 5.92 Å². The molecule has 1 atom stereocenters. The van der Waals surface area contributed by atoms with E-state index in [-0.39, 0.29) is 11.7 Å². The van der Waals surface area contributed by atoms with Gasteiger partial charge in [-0.3, -0.25) is 0 Å². The lowest BCUT2D eigenvalue weighted by Gasteiger charge is -2.32. The minimum Gasteiger partial charge on any atom is -0.423 e. The van der Waals surface area contributed by atoms with E-state index in [0.29, 0.717) is 18.8 Å². The highest BCUT2D eigenvalue weighted by Crippen LogP contribution is 2.26. The van der Waals surface area contributed by atoms with Crippen LogP contribution < -0.4 is 0 Å². The molecule has 0 aromatic rings. The van der Waals surface area contributed by atoms with E-state index in [9.17, 15) is 10.1 Å². The summed E-state index contributed by atoms with van der Waals surface area (Å²) in [7, 11) is -0.829. The van der Waals surface area contributed by atoms with Gasteiger partial charge in [0.15, 0.2) is 0 Å². The van der Waals surface area contributed by atoms with Crippen LogP contribution in [0.25, 0.3) is 0 Å². The number of aliphatic hydroxyl groups excluding tert-OH is 1. The van der Waals surface area contributed by atoms with Crippen molar-refractivity contribution in [3.63, 3.8) is 0 Å². The van der Waals surface area contributed by atoms with E-state index >= 15 is 0 Å². The number of hydrogen-bond acceptors (Lipinski definition) is 3. The fraction of sp³-hybridized carbons (Fsp3) is 0.833. The topological polar surface area (TPSA) is 49.7 Å². The molecule has 4 heteroatoms. The van der Waals surface area contributed by atoms with Crippen LogP contribution in [0.5, 0.6) is 0 Å². The summed E-state index contributed by atoms with van der Waals surface area (Å²) in [5, 5.41) is 19.3. The Balaban J connectivity index is 2.56. The molecule has 0 fully saturated rings. The van der Waals surface area contributed by atoms with E-state index in [1.54, 1.807) is 0 Å². The van der Waals surface area contributed by atoms with Crippen molar-refractivity contribution in [2.75, 3.05) is 0 Å². The first-order chi connectivity index (χ1) is 7.33. The molecule has 0 saturated heterocycles. The summed E-state index contributed by atoms with van der Waals surface area (Å²) >= 11 is 0. The van der Waals surface area contributed by atoms with Crippen LogP contribution in [0.4, 0.5) is 0 Å². The zero-order valence-corrected chi connectivity index (χ0v) is 10.7. The summed E-state index contributed by atoms with van der Waals surface area (Å²) in [6, 6.07) is 0. The fourth-order valence-electron chi connectivity index (χ4n) is 1.56. The van der Waals surface area contributed by atoms with E-state index in [2.05, 4.69) is 13.8 Å². The minimum atomic E-state index is -0.829. The van der Waals surface area contributed by atoms with E-state index in [0.717, 1.165) is 11.9 Å². The zero-order valence-electron chi connectivity index (χ0n) is 10.7. The average molecular weight is 226 g/mol. The highest BCUT2D eigenvalue weighted by Gasteiger charge is 2.32. The molecule has 16 heavy (non-hydrogen) atoms. The molecule has 0 bridgehead atoms. The van der Waals surface area contributed by atoms with Gasteiger partial charge in [0.25, 0.3) is 0 Å². The van der Waals surface area contributed by atoms with Crippen LogP contribution in [0.15, 0.2) is 11.5 Å². The van der Waals surface area contributed by atoms with Gasteiger partial charge in [-0.15, -0.1) is 0 Å². The van der Waals surface area contributed by atoms with Crippen LogP contribution in [0.1, 0.15) is 47.0 Å². The van der Waals surface area contributed by atoms with Gasteiger partial charge in [-0.1, -0.05) is 19.9 Å². The maximum Gasteiger partial charge on any atom is 0.486 e. The van der Waals surface area contributed by atoms with Crippen LogP contribution in [-0.4, -0.2) is 29.0 Å². The van der Waals surface area contributed by atoms with Crippen LogP contribution in [-0.2, 0) is 4.65 Å². The smallest absolute Gasteiger partial charge is 0.423 e. The summed E-state index contributed by atoms with van der Waals surface area (Å²) in [5.74, 6) is 0.344. The van der Waals surface area contributed by atoms with Gasteiger partial charge in [-0.2, -0.15) is 0 Å². The molecule has 0 aliphatic heterocycles. The van der Waals surface area contributed by atoms with Crippen LogP contribution in [0, 0.1) is 5.92 Å². The Labute approximate surface area is 98.7 Å². The van der Waals surface area contributed by atoms with Gasteiger partial charge in [-0.25, -0.2) is 0 Å². The first-order valence-electron chi connectivity index (χ1n) is 6.06. The number of rotatable bonds is 4. The first-order valence-corrected chi connectivity index (χ1v) is 6.06. The quantitative estimate of drug-likeness (QED) is 0.720. The van der Waals surface area contributed by atoms with Crippen molar-refractivity contribution in [3.05, 3.63) is 11.5 Å². The van der Waals surface area contributed by atoms with Crippen LogP contribution in [0.3, 0.4) is 0 Å². The molecule has 1 rings (SSSR count). The van der Waals surface area contributed by atoms with Gasteiger partial charge in [-0.05, 0) is 44.5 Å². The third-order valence-electron chi connectivity index (χ3n) is 3.54. The van der Waals surface area contributed by atoms with Gasteiger partial charge < -0.3 is 14.8 Å². The molecule has 0 aromatic carbocycles. The van der Waals surface area contributed by atoms with Crippen LogP contribution >= 0.6 is 0 Å². The van der Waals surface area contributed by atoms with Crippen LogP contribution in [0.2, 0.25) is 0 Å². The molecule has 3 nitrogen and oxygen atoms in total. The fourth-order valence-corrected chi connectivity index (χ4v) is 1.56. The molecule has 0 aromatic heterocycles. The molecule has 0 saturated carbocycles. The van der Waals surface area contributed by atoms with Crippen molar-refractivity contribution < 1.29 is 14.8 Å². The van der Waals surface area contributed by atoms with Gasteiger partial charge >= 0.3 is 7.12 Å². The highest BCUT2D eigenvalue weighted by atomic mass is 16.5. The summed E-state index contributed by atoms with van der Waals surface area (Å²) in [6.45, 7) is 8.12. The van der Waals surface area contributed by atoms with Gasteiger partial charge in [0.05, 0.1) is 11.7 Å². The number of aliphatic hydroxyl groups is 1. The summed E-state index contributed by atoms with van der Waals surface area (Å²) in [5.41, 5.74) is 0.565. The zero-order chi connectivity index (χ0) is 12.3. The molecule has 1 unspecified atom stereocenters. The van der Waals surface area contributed by atoms with E-state index in [1.165, 1.54) is 0 Å². The first kappa shape index (κ1) is 13.7. The molecule has 2 N–H and O–H groups in total. The van der Waals surface area contributed by atoms with Crippen molar-refractivity contribution in [2.45, 2.75) is 58.7 Å². The Hall–Kier alpha value is -0.315. The number of hydrogen-bond donors (Lipinski definition) is 2. The highest BCUT2D eigenvalue weighted by molar-refractivity contribution is 6.52. The van der Waals surface area contributed by atoms with E-state index < -0.39 is 7.12 Å². The summed E-state index contributed by atoms with van der Waals surface area (Å²) < 4.78 is 5.68. The van der Waals surface area contributed by atoms with Crippen molar-refractivity contribution >= 4 is 7.12 Å². The Morgan fingerprint density at radius 1 is 1.50 bits per heavy atom. The molecule has 1 aliphatic carbocycles. The van der Waals surface area contributed by atoms with E-state index in [1.807, 2.05) is 19.9 Å². The van der Waals surface area contributed by atoms with Gasteiger partial charge in [0.1, 0.15) is 0 Å². The molecule has 0 amide bonds. The van der Waals surface area contributed by atoms with Gasteiger partial charge in [0.2, 0.25) is 0 Å². The lowest BCUT2D eigenvalue weighted by Crippen LogP contribution is -2.39. The van der Waals surface area contributed by atoms with Gasteiger partial charge in [0, 0.05) is 0 Å². The number of allylic oxidation sites excluding steroid dienone is 1. The predicted molar refractivity (Wildman–Crippen MR) is 65.9 cm³/mol. The third kappa shape index (κ3) is 3.61. The lowest BCUT2D eigenvalue weighted by molar-refractivity contribution is 0.0400. The average Bonchev–Trinajstić information content (AvgIpc) is 2.17. The molecular weight excluding hydrogens is 203 g/mol. The standard InChI is InChI=1S/C12H23BO3/c1-9(2)12(3,4)16-13(15)10-5-7-11(14)8-6-10/h5,9,11,14-15H,6-8H2,1-4H3. The SMILES string of the molecule is CC(C)C(C)(C)OB(O)C1=CCC(O)CC1. The minimum absolute atomic E-state index is 0.256.